The number of aromatic nitrogens is 1. The summed E-state index contributed by atoms with van der Waals surface area (Å²) in [4.78, 5) is 22.5. The van der Waals surface area contributed by atoms with Crippen molar-refractivity contribution in [2.45, 2.75) is 18.7 Å². The van der Waals surface area contributed by atoms with Gasteiger partial charge in [-0.25, -0.2) is 13.4 Å². The summed E-state index contributed by atoms with van der Waals surface area (Å²) >= 11 is 1.42. The van der Waals surface area contributed by atoms with Crippen molar-refractivity contribution >= 4 is 42.6 Å². The summed E-state index contributed by atoms with van der Waals surface area (Å²) in [7, 11) is 0.845. The lowest BCUT2D eigenvalue weighted by atomic mass is 10.2. The average Bonchev–Trinajstić information content (AvgIpc) is 3.39. The molecule has 0 saturated heterocycles. The summed E-state index contributed by atoms with van der Waals surface area (Å²) in [6.45, 7) is 7.91. The Morgan fingerprint density at radius 2 is 1.54 bits per heavy atom. The summed E-state index contributed by atoms with van der Waals surface area (Å²) in [5.41, 5.74) is 1.08. The molecule has 1 aromatic heterocycles. The van der Waals surface area contributed by atoms with E-state index in [0.717, 1.165) is 17.8 Å². The zero-order chi connectivity index (χ0) is 28.4. The lowest BCUT2D eigenvalue weighted by molar-refractivity contribution is 0.0983. The molecule has 0 fully saturated rings. The molecule has 12 heteroatoms. The highest BCUT2D eigenvalue weighted by Gasteiger charge is 2.26. The second-order valence-electron chi connectivity index (χ2n) is 8.70. The normalized spacial score (nSPS) is 12.0. The second-order valence-corrected chi connectivity index (χ2v) is 11.6. The molecule has 1 heterocycles. The predicted octanol–water partition coefficient (Wildman–Crippen LogP) is 3.58. The molecule has 0 saturated carbocycles. The Labute approximate surface area is 235 Å². The number of thiazole rings is 1. The van der Waals surface area contributed by atoms with Crippen LogP contribution in [0.2, 0.25) is 0 Å². The van der Waals surface area contributed by atoms with Crippen LogP contribution < -0.4 is 9.64 Å². The van der Waals surface area contributed by atoms with E-state index in [2.05, 4.69) is 18.7 Å². The minimum Gasteiger partial charge on any atom is -0.494 e. The van der Waals surface area contributed by atoms with Gasteiger partial charge in [0.05, 0.1) is 29.9 Å². The van der Waals surface area contributed by atoms with Gasteiger partial charge in [-0.3, -0.25) is 9.69 Å². The first kappa shape index (κ1) is 30.9. The fourth-order valence-corrected chi connectivity index (χ4v) is 6.49. The first-order chi connectivity index (χ1) is 18.8. The van der Waals surface area contributed by atoms with Gasteiger partial charge in [-0.2, -0.15) is 4.31 Å². The molecule has 3 rings (SSSR count). The molecule has 0 bridgehead atoms. The number of hydrogen-bond acceptors (Lipinski definition) is 9. The molecule has 214 valence electrons. The van der Waals surface area contributed by atoms with Crippen LogP contribution in [0.5, 0.6) is 5.75 Å². The van der Waals surface area contributed by atoms with Gasteiger partial charge in [0, 0.05) is 46.0 Å². The molecule has 3 aromatic rings. The number of benzene rings is 2. The molecule has 0 N–H and O–H groups in total. The molecular weight excluding hydrogens is 540 g/mol. The highest BCUT2D eigenvalue weighted by atomic mass is 32.2. The number of likely N-dealkylation sites (N-methyl/N-ethyl adjacent to an activating group) is 1. The van der Waals surface area contributed by atoms with Gasteiger partial charge in [-0.05, 0) is 49.5 Å². The number of sulfonamides is 1. The van der Waals surface area contributed by atoms with Gasteiger partial charge < -0.3 is 19.1 Å². The molecule has 0 radical (unpaired) electrons. The van der Waals surface area contributed by atoms with E-state index in [0.29, 0.717) is 35.1 Å². The summed E-state index contributed by atoms with van der Waals surface area (Å²) in [5.74, 6) is 0.395. The third kappa shape index (κ3) is 7.53. The number of hydrogen-bond donors (Lipinski definition) is 0. The van der Waals surface area contributed by atoms with Crippen LogP contribution in [0.1, 0.15) is 24.2 Å². The minimum absolute atomic E-state index is 0.102. The fraction of sp³-hybridized carbons (Fsp3) is 0.481. The van der Waals surface area contributed by atoms with Crippen LogP contribution >= 0.6 is 11.3 Å². The molecule has 0 aliphatic heterocycles. The van der Waals surface area contributed by atoms with E-state index in [-0.39, 0.29) is 37.1 Å². The highest BCUT2D eigenvalue weighted by Crippen LogP contribution is 2.34. The monoisotopic (exact) mass is 578 g/mol. The number of ether oxygens (including phenoxy) is 3. The third-order valence-electron chi connectivity index (χ3n) is 6.43. The standard InChI is InChI=1S/C27H38N4O6S2/c1-6-29(7-2)15-16-31(27-28-25-23(37-5)9-8-10-24(25)38-27)26(32)21-11-13-22(14-12-21)39(33,34)30(17-19-35-3)18-20-36-4/h8-14H,6-7,15-20H2,1-5H3. The zero-order valence-corrected chi connectivity index (χ0v) is 24.9. The summed E-state index contributed by atoms with van der Waals surface area (Å²) in [5, 5.41) is 0.564. The molecule has 2 aromatic carbocycles. The van der Waals surface area contributed by atoms with Crippen LogP contribution in [0.15, 0.2) is 47.4 Å². The molecule has 0 atom stereocenters. The van der Waals surface area contributed by atoms with Crippen molar-refractivity contribution in [2.75, 3.05) is 78.7 Å². The van der Waals surface area contributed by atoms with Crippen molar-refractivity contribution in [1.82, 2.24) is 14.2 Å². The van der Waals surface area contributed by atoms with Crippen molar-refractivity contribution in [1.29, 1.82) is 0 Å². The summed E-state index contributed by atoms with van der Waals surface area (Å²) in [6, 6.07) is 11.7. The molecular formula is C27H38N4O6S2. The number of anilines is 1. The quantitative estimate of drug-likeness (QED) is 0.254. The smallest absolute Gasteiger partial charge is 0.260 e. The number of methoxy groups -OCH3 is 3. The average molecular weight is 579 g/mol. The number of para-hydroxylation sites is 1. The number of nitrogens with zero attached hydrogens (tertiary/aromatic N) is 4. The number of amides is 1. The van der Waals surface area contributed by atoms with E-state index in [1.165, 1.54) is 42.0 Å². The van der Waals surface area contributed by atoms with Crippen molar-refractivity contribution in [2.24, 2.45) is 0 Å². The number of carbonyl (C=O) groups excluding carboxylic acids is 1. The van der Waals surface area contributed by atoms with Crippen LogP contribution in [0, 0.1) is 0 Å². The molecule has 39 heavy (non-hydrogen) atoms. The number of rotatable bonds is 16. The molecule has 0 aliphatic rings. The number of carbonyl (C=O) groups is 1. The van der Waals surface area contributed by atoms with Gasteiger partial charge in [-0.15, -0.1) is 0 Å². The van der Waals surface area contributed by atoms with Gasteiger partial charge in [0.1, 0.15) is 11.3 Å². The predicted molar refractivity (Wildman–Crippen MR) is 155 cm³/mol. The maximum Gasteiger partial charge on any atom is 0.260 e. The van der Waals surface area contributed by atoms with E-state index in [9.17, 15) is 13.2 Å². The lowest BCUT2D eigenvalue weighted by Gasteiger charge is -2.25. The molecule has 0 unspecified atom stereocenters. The van der Waals surface area contributed by atoms with Crippen molar-refractivity contribution in [3.05, 3.63) is 48.0 Å². The van der Waals surface area contributed by atoms with E-state index in [4.69, 9.17) is 19.2 Å². The molecule has 1 amide bonds. The molecule has 0 aliphatic carbocycles. The SMILES string of the molecule is CCN(CC)CCN(C(=O)c1ccc(S(=O)(=O)N(CCOC)CCOC)cc1)c1nc2c(OC)cccc2s1. The van der Waals surface area contributed by atoms with E-state index >= 15 is 0 Å². The van der Waals surface area contributed by atoms with Crippen LogP contribution in [0.3, 0.4) is 0 Å². The van der Waals surface area contributed by atoms with Crippen molar-refractivity contribution in [3.8, 4) is 5.75 Å². The Kier molecular flexibility index (Phi) is 11.6. The maximum atomic E-state index is 13.8. The van der Waals surface area contributed by atoms with Gasteiger partial charge in [0.2, 0.25) is 10.0 Å². The van der Waals surface area contributed by atoms with Gasteiger partial charge >= 0.3 is 0 Å². The zero-order valence-electron chi connectivity index (χ0n) is 23.3. The Morgan fingerprint density at radius 1 is 0.897 bits per heavy atom. The maximum absolute atomic E-state index is 13.8. The lowest BCUT2D eigenvalue weighted by Crippen LogP contribution is -2.39. The van der Waals surface area contributed by atoms with E-state index in [1.807, 2.05) is 18.2 Å². The van der Waals surface area contributed by atoms with Crippen LogP contribution in [0.25, 0.3) is 10.2 Å². The molecule has 10 nitrogen and oxygen atoms in total. The topological polar surface area (TPSA) is 102 Å². The summed E-state index contributed by atoms with van der Waals surface area (Å²) < 4.78 is 44.4. The first-order valence-electron chi connectivity index (χ1n) is 12.9. The van der Waals surface area contributed by atoms with Gasteiger partial charge in [-0.1, -0.05) is 31.3 Å². The largest absolute Gasteiger partial charge is 0.494 e. The fourth-order valence-electron chi connectivity index (χ4n) is 4.07. The Morgan fingerprint density at radius 3 is 2.10 bits per heavy atom. The van der Waals surface area contributed by atoms with Crippen LogP contribution in [-0.2, 0) is 19.5 Å². The van der Waals surface area contributed by atoms with Crippen molar-refractivity contribution < 1.29 is 27.4 Å². The van der Waals surface area contributed by atoms with Gasteiger partial charge in [0.25, 0.3) is 5.91 Å². The Hall–Kier alpha value is -2.61. The minimum atomic E-state index is -3.80. The van der Waals surface area contributed by atoms with E-state index in [1.54, 1.807) is 24.1 Å². The number of fused-ring (bicyclic) bond motifs is 1. The second kappa shape index (κ2) is 14.7. The summed E-state index contributed by atoms with van der Waals surface area (Å²) in [6.07, 6.45) is 0. The van der Waals surface area contributed by atoms with Crippen LogP contribution in [0.4, 0.5) is 5.13 Å². The Balaban J connectivity index is 1.92. The third-order valence-corrected chi connectivity index (χ3v) is 9.39. The van der Waals surface area contributed by atoms with Crippen molar-refractivity contribution in [3.63, 3.8) is 0 Å². The Bertz CT molecular complexity index is 1300. The first-order valence-corrected chi connectivity index (χ1v) is 15.1. The van der Waals surface area contributed by atoms with E-state index < -0.39 is 10.0 Å². The molecule has 0 spiro atoms. The van der Waals surface area contributed by atoms with Gasteiger partial charge in [0.15, 0.2) is 5.13 Å². The van der Waals surface area contributed by atoms with Crippen LogP contribution in [-0.4, -0.2) is 102 Å². The highest BCUT2D eigenvalue weighted by molar-refractivity contribution is 7.89.